The maximum Gasteiger partial charge on any atom is 0.234 e. The Morgan fingerprint density at radius 1 is 1.83 bits per heavy atom. The number of nitrogens with two attached hydrogens (primary N) is 2. The van der Waals surface area contributed by atoms with Gasteiger partial charge in [0.15, 0.2) is 0 Å². The molecule has 0 bridgehead atoms. The molecule has 1 amide bonds. The van der Waals surface area contributed by atoms with Crippen molar-refractivity contribution in [3.8, 4) is 0 Å². The van der Waals surface area contributed by atoms with Crippen LogP contribution < -0.4 is 11.5 Å². The Balaban J connectivity index is 3.26. The first-order valence-corrected chi connectivity index (χ1v) is 1.69. The smallest absolute Gasteiger partial charge is 0.234 e. The van der Waals surface area contributed by atoms with Crippen molar-refractivity contribution in [3.63, 3.8) is 0 Å². The maximum absolute atomic E-state index is 9.80. The molecule has 0 fully saturated rings. The van der Waals surface area contributed by atoms with E-state index in [4.69, 9.17) is 5.73 Å². The maximum atomic E-state index is 9.80. The number of rotatable bonds is 1. The Morgan fingerprint density at radius 3 is 2.00 bits per heavy atom. The lowest BCUT2D eigenvalue weighted by Gasteiger charge is -1.91. The molecular formula is C3H8N2O. The van der Waals surface area contributed by atoms with Crippen molar-refractivity contribution in [2.75, 3.05) is 0 Å². The van der Waals surface area contributed by atoms with Crippen LogP contribution in [0, 0.1) is 0 Å². The van der Waals surface area contributed by atoms with Gasteiger partial charge in [0.2, 0.25) is 5.91 Å². The van der Waals surface area contributed by atoms with Crippen molar-refractivity contribution in [3.05, 3.63) is 0 Å². The van der Waals surface area contributed by atoms with E-state index in [1.165, 1.54) is 0 Å². The van der Waals surface area contributed by atoms with E-state index in [2.05, 4.69) is 5.73 Å². The molecule has 1 atom stereocenters. The Kier molecular flexibility index (Phi) is 1.60. The first-order chi connectivity index (χ1) is 2.64. The Bertz CT molecular complexity index is 59.8. The Morgan fingerprint density at radius 2 is 2.00 bits per heavy atom. The summed E-state index contributed by atoms with van der Waals surface area (Å²) in [5.41, 5.74) is 9.63. The van der Waals surface area contributed by atoms with Crippen molar-refractivity contribution >= 4 is 5.91 Å². The van der Waals surface area contributed by atoms with Crippen molar-refractivity contribution in [1.29, 1.82) is 0 Å². The van der Waals surface area contributed by atoms with E-state index in [0.29, 0.717) is 0 Å². The van der Waals surface area contributed by atoms with Crippen LogP contribution in [0.5, 0.6) is 0 Å². The number of primary amides is 1. The molecule has 6 heavy (non-hydrogen) atoms. The number of carbonyl (C=O) groups is 1. The number of amides is 1. The molecule has 3 heteroatoms. The molecule has 0 aromatic heterocycles. The molecule has 0 heterocycles. The van der Waals surface area contributed by atoms with Gasteiger partial charge >= 0.3 is 0 Å². The quantitative estimate of drug-likeness (QED) is 0.423. The van der Waals surface area contributed by atoms with Crippen molar-refractivity contribution in [1.82, 2.24) is 0 Å². The first-order valence-electron chi connectivity index (χ1n) is 1.69. The zero-order chi connectivity index (χ0) is 5.15. The van der Waals surface area contributed by atoms with Gasteiger partial charge < -0.3 is 11.5 Å². The average molecular weight is 88.1 g/mol. The fourth-order valence-electron chi connectivity index (χ4n) is 0. The van der Waals surface area contributed by atoms with Crippen molar-refractivity contribution in [2.24, 2.45) is 11.5 Å². The van der Waals surface area contributed by atoms with Gasteiger partial charge in [-0.25, -0.2) is 0 Å². The van der Waals surface area contributed by atoms with E-state index >= 15 is 0 Å². The minimum absolute atomic E-state index is 0.463. The zero-order valence-corrected chi connectivity index (χ0v) is 3.64. The fraction of sp³-hybridized carbons (Fsp3) is 0.667. The SMILES string of the molecule is C[C@@H](N)C(N)=O. The van der Waals surface area contributed by atoms with E-state index in [1.54, 1.807) is 6.92 Å². The monoisotopic (exact) mass is 88.1 g/mol. The summed E-state index contributed by atoms with van der Waals surface area (Å²) in [7, 11) is 0. The Labute approximate surface area is 36.3 Å². The lowest BCUT2D eigenvalue weighted by molar-refractivity contribution is -0.118. The largest absolute Gasteiger partial charge is 0.368 e. The summed E-state index contributed by atoms with van der Waals surface area (Å²) in [6, 6.07) is -0.509. The molecule has 0 aliphatic rings. The number of carbonyl (C=O) groups excluding carboxylic acids is 1. The molecular weight excluding hydrogens is 80.0 g/mol. The number of hydrogen-bond donors (Lipinski definition) is 2. The van der Waals surface area contributed by atoms with Gasteiger partial charge in [0.05, 0.1) is 6.04 Å². The highest BCUT2D eigenvalue weighted by Gasteiger charge is 1.96. The van der Waals surface area contributed by atoms with E-state index in [1.807, 2.05) is 0 Å². The van der Waals surface area contributed by atoms with Crippen LogP contribution in [0.1, 0.15) is 6.92 Å². The highest BCUT2D eigenvalue weighted by molar-refractivity contribution is 5.78. The van der Waals surface area contributed by atoms with Gasteiger partial charge in [0.25, 0.3) is 0 Å². The second-order valence-electron chi connectivity index (χ2n) is 1.19. The molecule has 0 radical (unpaired) electrons. The topological polar surface area (TPSA) is 69.1 Å². The molecule has 0 unspecified atom stereocenters. The standard InChI is InChI=1S/C3H8N2O/c1-2(4)3(5)6/h2H,4H2,1H3,(H2,5,6)/t2-/m1/s1. The molecule has 36 valence electrons. The molecule has 0 aliphatic carbocycles. The van der Waals surface area contributed by atoms with Gasteiger partial charge in [0.1, 0.15) is 0 Å². The van der Waals surface area contributed by atoms with Crippen LogP contribution in [0.4, 0.5) is 0 Å². The van der Waals surface area contributed by atoms with Gasteiger partial charge in [-0.2, -0.15) is 0 Å². The van der Waals surface area contributed by atoms with Crippen LogP contribution in [0.2, 0.25) is 0 Å². The Hall–Kier alpha value is -0.570. The molecule has 0 aliphatic heterocycles. The average Bonchev–Trinajstić information content (AvgIpc) is 1.36. The van der Waals surface area contributed by atoms with Gasteiger partial charge in [-0.15, -0.1) is 0 Å². The van der Waals surface area contributed by atoms with Crippen LogP contribution in [-0.2, 0) is 4.79 Å². The predicted molar refractivity (Wildman–Crippen MR) is 22.8 cm³/mol. The van der Waals surface area contributed by atoms with Crippen molar-refractivity contribution in [2.45, 2.75) is 13.0 Å². The first kappa shape index (κ1) is 5.43. The third kappa shape index (κ3) is 1.72. The van der Waals surface area contributed by atoms with Crippen LogP contribution in [0.25, 0.3) is 0 Å². The van der Waals surface area contributed by atoms with Gasteiger partial charge in [-0.05, 0) is 6.92 Å². The number of hydrogen-bond acceptors (Lipinski definition) is 2. The summed E-state index contributed by atoms with van der Waals surface area (Å²) in [5, 5.41) is 0. The van der Waals surface area contributed by atoms with E-state index in [0.717, 1.165) is 0 Å². The minimum atomic E-state index is -0.509. The van der Waals surface area contributed by atoms with E-state index in [-0.39, 0.29) is 0 Å². The molecule has 0 aromatic carbocycles. The molecule has 0 spiro atoms. The van der Waals surface area contributed by atoms with E-state index in [9.17, 15) is 4.79 Å². The fourth-order valence-corrected chi connectivity index (χ4v) is 0. The molecule has 0 aromatic rings. The van der Waals surface area contributed by atoms with Crippen LogP contribution in [0.15, 0.2) is 0 Å². The molecule has 0 saturated carbocycles. The summed E-state index contributed by atoms with van der Waals surface area (Å²) >= 11 is 0. The molecule has 0 saturated heterocycles. The second-order valence-corrected chi connectivity index (χ2v) is 1.19. The lowest BCUT2D eigenvalue weighted by atomic mass is 10.4. The second kappa shape index (κ2) is 1.77. The highest BCUT2D eigenvalue weighted by Crippen LogP contribution is 1.64. The van der Waals surface area contributed by atoms with Crippen LogP contribution >= 0.6 is 0 Å². The van der Waals surface area contributed by atoms with Gasteiger partial charge in [-0.1, -0.05) is 0 Å². The summed E-state index contributed by atoms with van der Waals surface area (Å²) in [5.74, 6) is -0.463. The van der Waals surface area contributed by atoms with Gasteiger partial charge in [-0.3, -0.25) is 4.79 Å². The normalized spacial score (nSPS) is 13.7. The highest BCUT2D eigenvalue weighted by atomic mass is 16.1. The molecule has 0 rings (SSSR count). The summed E-state index contributed by atoms with van der Waals surface area (Å²) in [4.78, 5) is 9.80. The predicted octanol–water partition coefficient (Wildman–Crippen LogP) is -1.18. The summed E-state index contributed by atoms with van der Waals surface area (Å²) in [6.45, 7) is 1.54. The van der Waals surface area contributed by atoms with Crippen molar-refractivity contribution < 1.29 is 4.79 Å². The third-order valence-electron chi connectivity index (χ3n) is 0.449. The van der Waals surface area contributed by atoms with Crippen LogP contribution in [0.3, 0.4) is 0 Å². The van der Waals surface area contributed by atoms with E-state index < -0.39 is 11.9 Å². The summed E-state index contributed by atoms with van der Waals surface area (Å²) in [6.07, 6.45) is 0. The van der Waals surface area contributed by atoms with Gasteiger partial charge in [0, 0.05) is 0 Å². The molecule has 4 N–H and O–H groups in total. The zero-order valence-electron chi connectivity index (χ0n) is 3.64. The van der Waals surface area contributed by atoms with Crippen LogP contribution in [-0.4, -0.2) is 11.9 Å². The summed E-state index contributed by atoms with van der Waals surface area (Å²) < 4.78 is 0. The molecule has 3 nitrogen and oxygen atoms in total. The third-order valence-corrected chi connectivity index (χ3v) is 0.449. The lowest BCUT2D eigenvalue weighted by Crippen LogP contribution is -2.32. The minimum Gasteiger partial charge on any atom is -0.368 e.